The Kier molecular flexibility index (Phi) is 8.19. The second kappa shape index (κ2) is 11.5. The van der Waals surface area contributed by atoms with Crippen LogP contribution in [0.4, 0.5) is 11.8 Å². The molecule has 1 atom stereocenters. The molecule has 1 aromatic carbocycles. The first-order valence-electron chi connectivity index (χ1n) is 10.5. The van der Waals surface area contributed by atoms with Crippen LogP contribution in [0.5, 0.6) is 0 Å². The Hall–Kier alpha value is -4.65. The maximum atomic E-state index is 13.1. The lowest BCUT2D eigenvalue weighted by molar-refractivity contribution is -0.144. The summed E-state index contributed by atoms with van der Waals surface area (Å²) in [6.07, 6.45) is 2.28. The van der Waals surface area contributed by atoms with Crippen LogP contribution in [0.25, 0.3) is 11.2 Å². The first kappa shape index (κ1) is 25.0. The third-order valence-corrected chi connectivity index (χ3v) is 4.79. The van der Waals surface area contributed by atoms with E-state index in [0.29, 0.717) is 23.6 Å². The number of carbonyl (C=O) groups is 3. The maximum absolute atomic E-state index is 13.1. The van der Waals surface area contributed by atoms with E-state index in [1.54, 1.807) is 24.3 Å². The van der Waals surface area contributed by atoms with Gasteiger partial charge in [0.15, 0.2) is 17.0 Å². The van der Waals surface area contributed by atoms with Gasteiger partial charge in [-0.2, -0.15) is 9.97 Å². The number of benzene rings is 1. The molecule has 0 aliphatic heterocycles. The zero-order valence-electron chi connectivity index (χ0n) is 18.6. The number of hydrogen-bond donors (Lipinski definition) is 5. The summed E-state index contributed by atoms with van der Waals surface area (Å²) < 4.78 is 0. The highest BCUT2D eigenvalue weighted by molar-refractivity contribution is 5.96. The van der Waals surface area contributed by atoms with E-state index < -0.39 is 30.3 Å². The molecule has 0 bridgehead atoms. The van der Waals surface area contributed by atoms with E-state index >= 15 is 0 Å². The van der Waals surface area contributed by atoms with Gasteiger partial charge in [0.25, 0.3) is 5.91 Å². The maximum Gasteiger partial charge on any atom is 0.328 e. The van der Waals surface area contributed by atoms with Crippen molar-refractivity contribution in [3.8, 4) is 0 Å². The molecule has 182 valence electrons. The SMILES string of the molecule is C=CCNc1nc(N)nc2ncc(CNN(C(=O)c3ccccc3)C(CCC(=O)O)C(=O)O)nc12. The summed E-state index contributed by atoms with van der Waals surface area (Å²) in [5, 5.41) is 22.7. The van der Waals surface area contributed by atoms with Gasteiger partial charge in [-0.25, -0.2) is 20.2 Å². The minimum atomic E-state index is -1.44. The molecule has 0 saturated heterocycles. The van der Waals surface area contributed by atoms with Crippen LogP contribution in [-0.2, 0) is 16.1 Å². The quantitative estimate of drug-likeness (QED) is 0.183. The number of carbonyl (C=O) groups excluding carboxylic acids is 1. The molecule has 35 heavy (non-hydrogen) atoms. The van der Waals surface area contributed by atoms with Gasteiger partial charge in [-0.15, -0.1) is 6.58 Å². The van der Waals surface area contributed by atoms with Gasteiger partial charge in [-0.3, -0.25) is 14.6 Å². The Morgan fingerprint density at radius 1 is 1.14 bits per heavy atom. The predicted octanol–water partition coefficient (Wildman–Crippen LogP) is 1.06. The number of hydrogen-bond acceptors (Lipinski definition) is 10. The lowest BCUT2D eigenvalue weighted by Gasteiger charge is -2.29. The Balaban J connectivity index is 1.91. The van der Waals surface area contributed by atoms with Crippen LogP contribution >= 0.6 is 0 Å². The number of hydrazine groups is 1. The molecule has 13 heteroatoms. The van der Waals surface area contributed by atoms with E-state index in [1.807, 2.05) is 0 Å². The van der Waals surface area contributed by atoms with E-state index in [-0.39, 0.29) is 30.1 Å². The number of aromatic nitrogens is 4. The third-order valence-electron chi connectivity index (χ3n) is 4.79. The third kappa shape index (κ3) is 6.45. The van der Waals surface area contributed by atoms with E-state index in [0.717, 1.165) is 5.01 Å². The van der Waals surface area contributed by atoms with E-state index in [2.05, 4.69) is 37.3 Å². The average Bonchev–Trinajstić information content (AvgIpc) is 2.84. The summed E-state index contributed by atoms with van der Waals surface area (Å²) in [6, 6.07) is 6.60. The van der Waals surface area contributed by atoms with Crippen molar-refractivity contribution in [2.75, 3.05) is 17.6 Å². The predicted molar refractivity (Wildman–Crippen MR) is 126 cm³/mol. The van der Waals surface area contributed by atoms with Crippen LogP contribution in [0.2, 0.25) is 0 Å². The van der Waals surface area contributed by atoms with Crippen LogP contribution in [-0.4, -0.2) is 65.6 Å². The highest BCUT2D eigenvalue weighted by Crippen LogP contribution is 2.18. The number of carboxylic acid groups (broad SMARTS) is 2. The molecule has 0 radical (unpaired) electrons. The molecule has 3 aromatic rings. The molecule has 1 amide bonds. The first-order valence-corrected chi connectivity index (χ1v) is 10.5. The molecule has 0 spiro atoms. The van der Waals surface area contributed by atoms with Crippen LogP contribution < -0.4 is 16.5 Å². The standard InChI is InChI=1S/C22H24N8O5/c1-2-10-24-18-17-19(29-22(23)28-18)25-11-14(27-17)12-26-30(15(21(34)35)8-9-16(31)32)20(33)13-6-4-3-5-7-13/h2-7,11,15,26H,1,8-10,12H2,(H,31,32)(H,34,35)(H3,23,24,25,28,29). The van der Waals surface area contributed by atoms with Gasteiger partial charge in [0, 0.05) is 18.5 Å². The molecule has 0 saturated carbocycles. The number of nitrogens with two attached hydrogens (primary N) is 1. The molecular weight excluding hydrogens is 456 g/mol. The van der Waals surface area contributed by atoms with Crippen LogP contribution in [0.15, 0.2) is 49.2 Å². The van der Waals surface area contributed by atoms with E-state index in [9.17, 15) is 19.5 Å². The number of rotatable bonds is 12. The van der Waals surface area contributed by atoms with Crippen LogP contribution in [0.1, 0.15) is 28.9 Å². The van der Waals surface area contributed by atoms with E-state index in [1.165, 1.54) is 18.3 Å². The van der Waals surface area contributed by atoms with Crippen LogP contribution in [0.3, 0.4) is 0 Å². The van der Waals surface area contributed by atoms with Crippen molar-refractivity contribution >= 4 is 40.8 Å². The second-order valence-electron chi connectivity index (χ2n) is 7.30. The van der Waals surface area contributed by atoms with Crippen LogP contribution in [0, 0.1) is 0 Å². The van der Waals surface area contributed by atoms with Gasteiger partial charge in [-0.05, 0) is 18.6 Å². The second-order valence-corrected chi connectivity index (χ2v) is 7.30. The summed E-state index contributed by atoms with van der Waals surface area (Å²) >= 11 is 0. The lowest BCUT2D eigenvalue weighted by Crippen LogP contribution is -2.52. The Labute approximate surface area is 199 Å². The fourth-order valence-electron chi connectivity index (χ4n) is 3.17. The molecule has 0 fully saturated rings. The summed E-state index contributed by atoms with van der Waals surface area (Å²) in [6.45, 7) is 3.93. The van der Waals surface area contributed by atoms with Crippen molar-refractivity contribution in [2.45, 2.75) is 25.4 Å². The van der Waals surface area contributed by atoms with Gasteiger partial charge in [0.2, 0.25) is 5.95 Å². The van der Waals surface area contributed by atoms with Gasteiger partial charge in [-0.1, -0.05) is 24.3 Å². The summed E-state index contributed by atoms with van der Waals surface area (Å²) in [5.41, 5.74) is 9.65. The van der Waals surface area contributed by atoms with Crippen molar-refractivity contribution in [2.24, 2.45) is 0 Å². The number of aliphatic carboxylic acids is 2. The van der Waals surface area contributed by atoms with Crippen molar-refractivity contribution in [3.63, 3.8) is 0 Å². The Morgan fingerprint density at radius 3 is 2.54 bits per heavy atom. The normalized spacial score (nSPS) is 11.5. The van der Waals surface area contributed by atoms with E-state index in [4.69, 9.17) is 10.8 Å². The Bertz CT molecular complexity index is 1240. The number of nitrogens with one attached hydrogen (secondary N) is 2. The fourth-order valence-corrected chi connectivity index (χ4v) is 3.17. The Morgan fingerprint density at radius 2 is 1.89 bits per heavy atom. The minimum absolute atomic E-state index is 0.00611. The van der Waals surface area contributed by atoms with Crippen molar-refractivity contribution in [1.29, 1.82) is 0 Å². The summed E-state index contributed by atoms with van der Waals surface area (Å²) in [7, 11) is 0. The minimum Gasteiger partial charge on any atom is -0.481 e. The number of nitrogens with zero attached hydrogens (tertiary/aromatic N) is 5. The number of amides is 1. The van der Waals surface area contributed by atoms with Gasteiger partial charge < -0.3 is 21.3 Å². The highest BCUT2D eigenvalue weighted by Gasteiger charge is 2.31. The monoisotopic (exact) mass is 480 g/mol. The molecule has 13 nitrogen and oxygen atoms in total. The molecule has 3 rings (SSSR count). The molecule has 1 unspecified atom stereocenters. The first-order chi connectivity index (χ1) is 16.8. The number of anilines is 2. The smallest absolute Gasteiger partial charge is 0.328 e. The number of carboxylic acids is 2. The topological polar surface area (TPSA) is 197 Å². The van der Waals surface area contributed by atoms with Gasteiger partial charge in [0.1, 0.15) is 6.04 Å². The summed E-state index contributed by atoms with van der Waals surface area (Å²) in [4.78, 5) is 53.0. The van der Waals surface area contributed by atoms with Crippen molar-refractivity contribution < 1.29 is 24.6 Å². The molecule has 6 N–H and O–H groups in total. The number of fused-ring (bicyclic) bond motifs is 1. The molecule has 0 aliphatic carbocycles. The number of nitrogen functional groups attached to an aromatic ring is 1. The molecular formula is C22H24N8O5. The van der Waals surface area contributed by atoms with Crippen molar-refractivity contribution in [3.05, 3.63) is 60.4 Å². The average molecular weight is 480 g/mol. The summed E-state index contributed by atoms with van der Waals surface area (Å²) in [5.74, 6) is -2.83. The van der Waals surface area contributed by atoms with Gasteiger partial charge in [0.05, 0.1) is 18.4 Å². The van der Waals surface area contributed by atoms with Gasteiger partial charge >= 0.3 is 11.9 Å². The highest BCUT2D eigenvalue weighted by atomic mass is 16.4. The molecule has 2 heterocycles. The largest absolute Gasteiger partial charge is 0.481 e. The molecule has 2 aromatic heterocycles. The lowest BCUT2D eigenvalue weighted by atomic mass is 10.1. The molecule has 0 aliphatic rings. The van der Waals surface area contributed by atoms with Crippen molar-refractivity contribution in [1.82, 2.24) is 30.4 Å². The zero-order chi connectivity index (χ0) is 25.4. The fraction of sp³-hybridized carbons (Fsp3) is 0.227. The zero-order valence-corrected chi connectivity index (χ0v) is 18.6.